The molecule has 1 aromatic rings. The average Bonchev–Trinajstić information content (AvgIpc) is 2.36. The van der Waals surface area contributed by atoms with Crippen LogP contribution >= 0.6 is 0 Å². The number of likely N-dealkylation sites (tertiary alicyclic amines) is 1. The van der Waals surface area contributed by atoms with Gasteiger partial charge in [-0.05, 0) is 44.0 Å². The first-order chi connectivity index (χ1) is 8.96. The lowest BCUT2D eigenvalue weighted by molar-refractivity contribution is -0.139. The van der Waals surface area contributed by atoms with Crippen LogP contribution in [-0.2, 0) is 4.79 Å². The van der Waals surface area contributed by atoms with E-state index in [0.717, 1.165) is 12.8 Å². The molecule has 1 aromatic carbocycles. The highest BCUT2D eigenvalue weighted by Gasteiger charge is 2.30. The molecule has 1 unspecified atom stereocenters. The smallest absolute Gasteiger partial charge is 0.260 e. The van der Waals surface area contributed by atoms with Crippen LogP contribution in [0.3, 0.4) is 0 Å². The number of rotatable bonds is 3. The van der Waals surface area contributed by atoms with Gasteiger partial charge in [0.2, 0.25) is 0 Å². The Morgan fingerprint density at radius 2 is 2.16 bits per heavy atom. The molecule has 1 amide bonds. The number of carbonyl (C=O) groups excluding carboxylic acids is 1. The van der Waals surface area contributed by atoms with Crippen molar-refractivity contribution >= 4 is 11.6 Å². The van der Waals surface area contributed by atoms with Crippen LogP contribution in [0.5, 0.6) is 5.75 Å². The van der Waals surface area contributed by atoms with E-state index < -0.39 is 5.60 Å². The maximum atomic E-state index is 12.0. The van der Waals surface area contributed by atoms with E-state index in [4.69, 9.17) is 10.5 Å². The Labute approximate surface area is 113 Å². The van der Waals surface area contributed by atoms with Gasteiger partial charge in [0.1, 0.15) is 5.75 Å². The summed E-state index contributed by atoms with van der Waals surface area (Å²) in [5.41, 5.74) is 5.45. The first kappa shape index (κ1) is 13.7. The molecule has 1 aliphatic rings. The van der Waals surface area contributed by atoms with Crippen LogP contribution in [0, 0.1) is 0 Å². The quantitative estimate of drug-likeness (QED) is 0.799. The third kappa shape index (κ3) is 3.86. The van der Waals surface area contributed by atoms with E-state index in [1.807, 2.05) is 0 Å². The fourth-order valence-electron chi connectivity index (χ4n) is 2.23. The zero-order valence-electron chi connectivity index (χ0n) is 11.1. The number of carbonyl (C=O) groups is 1. The van der Waals surface area contributed by atoms with Crippen molar-refractivity contribution in [2.45, 2.75) is 25.4 Å². The van der Waals surface area contributed by atoms with Crippen LogP contribution in [0.2, 0.25) is 0 Å². The third-order valence-corrected chi connectivity index (χ3v) is 3.27. The van der Waals surface area contributed by atoms with Crippen molar-refractivity contribution in [3.8, 4) is 5.75 Å². The number of ether oxygens (including phenoxy) is 1. The molecule has 0 saturated carbocycles. The molecule has 1 fully saturated rings. The highest BCUT2D eigenvalue weighted by Crippen LogP contribution is 2.20. The van der Waals surface area contributed by atoms with E-state index in [1.165, 1.54) is 0 Å². The molecule has 2 rings (SSSR count). The van der Waals surface area contributed by atoms with Crippen molar-refractivity contribution in [2.75, 3.05) is 25.4 Å². The second kappa shape index (κ2) is 5.48. The summed E-state index contributed by atoms with van der Waals surface area (Å²) in [5, 5.41) is 9.96. The first-order valence-electron chi connectivity index (χ1n) is 6.45. The molecule has 0 radical (unpaired) electrons. The second-order valence-corrected chi connectivity index (χ2v) is 5.27. The number of hydrogen-bond donors (Lipinski definition) is 2. The van der Waals surface area contributed by atoms with E-state index in [2.05, 4.69) is 0 Å². The number of β-amino-alcohol motifs (C(OH)–C–C–N with tert-alkyl or cyclic N) is 1. The predicted octanol–water partition coefficient (Wildman–Crippen LogP) is 1.02. The van der Waals surface area contributed by atoms with Crippen molar-refractivity contribution in [2.24, 2.45) is 0 Å². The summed E-state index contributed by atoms with van der Waals surface area (Å²) in [5.74, 6) is 0.517. The molecule has 0 bridgehead atoms. The number of nitrogens with two attached hydrogens (primary N) is 1. The molecule has 1 heterocycles. The Kier molecular flexibility index (Phi) is 3.95. The molecule has 1 aliphatic heterocycles. The minimum absolute atomic E-state index is 0.0139. The maximum Gasteiger partial charge on any atom is 0.260 e. The van der Waals surface area contributed by atoms with Gasteiger partial charge in [-0.1, -0.05) is 0 Å². The molecule has 0 aromatic heterocycles. The van der Waals surface area contributed by atoms with Crippen LogP contribution in [0.4, 0.5) is 5.69 Å². The number of nitrogen functional groups attached to an aromatic ring is 1. The summed E-state index contributed by atoms with van der Waals surface area (Å²) in [4.78, 5) is 13.6. The van der Waals surface area contributed by atoms with E-state index >= 15 is 0 Å². The molecule has 1 atom stereocenters. The van der Waals surface area contributed by atoms with Gasteiger partial charge in [0, 0.05) is 18.8 Å². The number of nitrogens with zero attached hydrogens (tertiary/aromatic N) is 1. The largest absolute Gasteiger partial charge is 0.484 e. The number of aliphatic hydroxyl groups is 1. The van der Waals surface area contributed by atoms with Crippen LogP contribution in [0.15, 0.2) is 24.3 Å². The molecule has 0 aliphatic carbocycles. The average molecular weight is 264 g/mol. The van der Waals surface area contributed by atoms with Gasteiger partial charge in [-0.3, -0.25) is 4.79 Å². The second-order valence-electron chi connectivity index (χ2n) is 5.27. The van der Waals surface area contributed by atoms with Crippen molar-refractivity contribution in [1.29, 1.82) is 0 Å². The number of benzene rings is 1. The fraction of sp³-hybridized carbons (Fsp3) is 0.500. The maximum absolute atomic E-state index is 12.0. The minimum atomic E-state index is -0.783. The Hall–Kier alpha value is -1.75. The van der Waals surface area contributed by atoms with Crippen molar-refractivity contribution in [3.63, 3.8) is 0 Å². The summed E-state index contributed by atoms with van der Waals surface area (Å²) < 4.78 is 5.42. The molecular formula is C14H20N2O3. The summed E-state index contributed by atoms with van der Waals surface area (Å²) >= 11 is 0. The molecule has 5 heteroatoms. The van der Waals surface area contributed by atoms with E-state index in [0.29, 0.717) is 24.5 Å². The zero-order chi connectivity index (χ0) is 13.9. The topological polar surface area (TPSA) is 75.8 Å². The molecular weight excluding hydrogens is 244 g/mol. The van der Waals surface area contributed by atoms with E-state index in [1.54, 1.807) is 36.1 Å². The van der Waals surface area contributed by atoms with Crippen LogP contribution in [-0.4, -0.2) is 41.2 Å². The van der Waals surface area contributed by atoms with Crippen LogP contribution in [0.1, 0.15) is 19.8 Å². The van der Waals surface area contributed by atoms with Gasteiger partial charge in [-0.25, -0.2) is 0 Å². The predicted molar refractivity (Wildman–Crippen MR) is 72.8 cm³/mol. The highest BCUT2D eigenvalue weighted by molar-refractivity contribution is 5.78. The standard InChI is InChI=1S/C14H20N2O3/c1-14(18)7-2-8-16(10-14)13(17)9-19-12-5-3-11(15)4-6-12/h3-6,18H,2,7-10,15H2,1H3. The minimum Gasteiger partial charge on any atom is -0.484 e. The summed E-state index contributed by atoms with van der Waals surface area (Å²) in [6.07, 6.45) is 1.55. The molecule has 3 N–H and O–H groups in total. The van der Waals surface area contributed by atoms with E-state index in [-0.39, 0.29) is 12.5 Å². The number of anilines is 1. The normalized spacial score (nSPS) is 23.2. The first-order valence-corrected chi connectivity index (χ1v) is 6.45. The van der Waals surface area contributed by atoms with Crippen molar-refractivity contribution < 1.29 is 14.6 Å². The molecule has 0 spiro atoms. The van der Waals surface area contributed by atoms with Gasteiger partial charge in [0.25, 0.3) is 5.91 Å². The Balaban J connectivity index is 1.85. The highest BCUT2D eigenvalue weighted by atomic mass is 16.5. The lowest BCUT2D eigenvalue weighted by atomic mass is 9.95. The Bertz CT molecular complexity index is 443. The SMILES string of the molecule is CC1(O)CCCN(C(=O)COc2ccc(N)cc2)C1. The molecule has 19 heavy (non-hydrogen) atoms. The number of piperidine rings is 1. The summed E-state index contributed by atoms with van der Waals surface area (Å²) in [6, 6.07) is 6.92. The molecule has 104 valence electrons. The van der Waals surface area contributed by atoms with Crippen molar-refractivity contribution in [1.82, 2.24) is 4.90 Å². The van der Waals surface area contributed by atoms with Gasteiger partial charge >= 0.3 is 0 Å². The monoisotopic (exact) mass is 264 g/mol. The Morgan fingerprint density at radius 1 is 1.47 bits per heavy atom. The van der Waals surface area contributed by atoms with E-state index in [9.17, 15) is 9.90 Å². The van der Waals surface area contributed by atoms with Gasteiger partial charge in [0.15, 0.2) is 6.61 Å². The van der Waals surface area contributed by atoms with Gasteiger partial charge in [-0.2, -0.15) is 0 Å². The molecule has 5 nitrogen and oxygen atoms in total. The van der Waals surface area contributed by atoms with Crippen LogP contribution < -0.4 is 10.5 Å². The van der Waals surface area contributed by atoms with Crippen LogP contribution in [0.25, 0.3) is 0 Å². The summed E-state index contributed by atoms with van der Waals surface area (Å²) in [6.45, 7) is 2.80. The Morgan fingerprint density at radius 3 is 2.79 bits per heavy atom. The number of hydrogen-bond acceptors (Lipinski definition) is 4. The zero-order valence-corrected chi connectivity index (χ0v) is 11.1. The fourth-order valence-corrected chi connectivity index (χ4v) is 2.23. The van der Waals surface area contributed by atoms with Crippen molar-refractivity contribution in [3.05, 3.63) is 24.3 Å². The lowest BCUT2D eigenvalue weighted by Gasteiger charge is -2.36. The molecule has 1 saturated heterocycles. The third-order valence-electron chi connectivity index (χ3n) is 3.27. The lowest BCUT2D eigenvalue weighted by Crippen LogP contribution is -2.49. The summed E-state index contributed by atoms with van der Waals surface area (Å²) in [7, 11) is 0. The van der Waals surface area contributed by atoms with Gasteiger partial charge in [0.05, 0.1) is 5.60 Å². The van der Waals surface area contributed by atoms with Gasteiger partial charge < -0.3 is 20.5 Å². The van der Waals surface area contributed by atoms with Gasteiger partial charge in [-0.15, -0.1) is 0 Å². The number of amides is 1.